The van der Waals surface area contributed by atoms with E-state index in [1.165, 1.54) is 0 Å². The van der Waals surface area contributed by atoms with Gasteiger partial charge < -0.3 is 9.15 Å². The minimum absolute atomic E-state index is 0.197. The zero-order valence-electron chi connectivity index (χ0n) is 12.8. The molecule has 0 radical (unpaired) electrons. The Morgan fingerprint density at radius 1 is 0.960 bits per heavy atom. The van der Waals surface area contributed by atoms with Gasteiger partial charge in [0.15, 0.2) is 12.4 Å². The number of rotatable bonds is 4. The van der Waals surface area contributed by atoms with E-state index >= 15 is 0 Å². The van der Waals surface area contributed by atoms with Gasteiger partial charge in [-0.25, -0.2) is 0 Å². The number of hydrogen-bond acceptors (Lipinski definition) is 5. The van der Waals surface area contributed by atoms with Crippen LogP contribution in [0.4, 0.5) is 0 Å². The zero-order chi connectivity index (χ0) is 17.2. The lowest BCUT2D eigenvalue weighted by atomic mass is 10.2. The Hall–Kier alpha value is -1.75. The van der Waals surface area contributed by atoms with Crippen LogP contribution in [0, 0.1) is 7.14 Å². The summed E-state index contributed by atoms with van der Waals surface area (Å²) in [6.45, 7) is 0.197. The molecule has 0 amide bonds. The molecule has 0 bridgehead atoms. The summed E-state index contributed by atoms with van der Waals surface area (Å²) >= 11 is 4.56. The van der Waals surface area contributed by atoms with Crippen molar-refractivity contribution in [3.63, 3.8) is 0 Å². The van der Waals surface area contributed by atoms with Crippen molar-refractivity contribution in [1.82, 2.24) is 15.2 Å². The van der Waals surface area contributed by atoms with Gasteiger partial charge in [-0.3, -0.25) is 4.98 Å². The number of halogens is 2. The van der Waals surface area contributed by atoms with Gasteiger partial charge in [-0.15, -0.1) is 10.2 Å². The Bertz CT molecular complexity index is 1040. The molecule has 7 heteroatoms. The predicted molar refractivity (Wildman–Crippen MR) is 111 cm³/mol. The molecule has 0 saturated carbocycles. The monoisotopic (exact) mass is 555 g/mol. The first-order valence-corrected chi connectivity index (χ1v) is 9.61. The molecule has 0 fully saturated rings. The van der Waals surface area contributed by atoms with E-state index in [1.807, 2.05) is 42.5 Å². The minimum Gasteiger partial charge on any atom is -0.480 e. The van der Waals surface area contributed by atoms with Crippen molar-refractivity contribution in [2.75, 3.05) is 0 Å². The number of ether oxygens (including phenoxy) is 1. The molecule has 0 N–H and O–H groups in total. The maximum absolute atomic E-state index is 5.97. The largest absolute Gasteiger partial charge is 0.480 e. The van der Waals surface area contributed by atoms with Gasteiger partial charge in [-0.1, -0.05) is 24.3 Å². The molecule has 25 heavy (non-hydrogen) atoms. The summed E-state index contributed by atoms with van der Waals surface area (Å²) < 4.78 is 13.8. The highest BCUT2D eigenvalue weighted by atomic mass is 127. The molecular weight excluding hydrogens is 544 g/mol. The molecule has 2 aromatic heterocycles. The van der Waals surface area contributed by atoms with Crippen molar-refractivity contribution in [3.8, 4) is 17.2 Å². The van der Waals surface area contributed by atoms with Crippen molar-refractivity contribution < 1.29 is 9.15 Å². The van der Waals surface area contributed by atoms with E-state index in [0.29, 0.717) is 11.8 Å². The van der Waals surface area contributed by atoms with E-state index in [1.54, 1.807) is 6.20 Å². The molecule has 4 aromatic rings. The minimum atomic E-state index is 0.197. The number of benzene rings is 2. The first-order valence-electron chi connectivity index (χ1n) is 7.45. The zero-order valence-corrected chi connectivity index (χ0v) is 17.1. The lowest BCUT2D eigenvalue weighted by Crippen LogP contribution is -2.00. The normalized spacial score (nSPS) is 11.0. The van der Waals surface area contributed by atoms with Gasteiger partial charge in [-0.05, 0) is 69.4 Å². The highest BCUT2D eigenvalue weighted by Crippen LogP contribution is 2.33. The van der Waals surface area contributed by atoms with E-state index in [9.17, 15) is 0 Å². The quantitative estimate of drug-likeness (QED) is 0.330. The Labute approximate surface area is 171 Å². The Morgan fingerprint density at radius 3 is 2.64 bits per heavy atom. The fraction of sp³-hybridized carbons (Fsp3) is 0.0556. The highest BCUT2D eigenvalue weighted by Gasteiger charge is 2.14. The van der Waals surface area contributed by atoms with Crippen LogP contribution >= 0.6 is 45.2 Å². The standard InChI is InChI=1S/C18H11I2N3O2/c19-13-9-14(20)17(16-12(13)7-4-8-21-16)24-10-15-22-23-18(25-15)11-5-2-1-3-6-11/h1-9H,10H2. The van der Waals surface area contributed by atoms with Crippen molar-refractivity contribution in [3.05, 3.63) is 67.8 Å². The molecule has 5 nitrogen and oxygen atoms in total. The second-order valence-corrected chi connectivity index (χ2v) is 7.55. The van der Waals surface area contributed by atoms with Crippen LogP contribution in [-0.2, 0) is 6.61 Å². The summed E-state index contributed by atoms with van der Waals surface area (Å²) in [5, 5.41) is 9.22. The van der Waals surface area contributed by atoms with Crippen LogP contribution in [0.2, 0.25) is 0 Å². The summed E-state index contributed by atoms with van der Waals surface area (Å²) in [6, 6.07) is 15.7. The van der Waals surface area contributed by atoms with Crippen LogP contribution in [0.1, 0.15) is 5.89 Å². The average molecular weight is 555 g/mol. The fourth-order valence-electron chi connectivity index (χ4n) is 2.43. The summed E-state index contributed by atoms with van der Waals surface area (Å²) in [5.41, 5.74) is 1.72. The molecule has 2 heterocycles. The maximum atomic E-state index is 5.97. The second kappa shape index (κ2) is 7.24. The number of aromatic nitrogens is 3. The van der Waals surface area contributed by atoms with Crippen LogP contribution in [0.3, 0.4) is 0 Å². The fourth-order valence-corrected chi connectivity index (χ4v) is 4.49. The van der Waals surface area contributed by atoms with Gasteiger partial charge in [-0.2, -0.15) is 0 Å². The molecule has 2 aromatic carbocycles. The van der Waals surface area contributed by atoms with Gasteiger partial charge in [0.25, 0.3) is 5.89 Å². The molecule has 4 rings (SSSR count). The number of fused-ring (bicyclic) bond motifs is 1. The maximum Gasteiger partial charge on any atom is 0.254 e. The predicted octanol–water partition coefficient (Wildman–Crippen LogP) is 5.07. The van der Waals surface area contributed by atoms with Gasteiger partial charge in [0, 0.05) is 20.7 Å². The van der Waals surface area contributed by atoms with E-state index in [4.69, 9.17) is 9.15 Å². The highest BCUT2D eigenvalue weighted by molar-refractivity contribution is 14.1. The van der Waals surface area contributed by atoms with Gasteiger partial charge in [0.2, 0.25) is 5.89 Å². The Morgan fingerprint density at radius 2 is 1.80 bits per heavy atom. The molecule has 0 atom stereocenters. The average Bonchev–Trinajstić information content (AvgIpc) is 3.11. The number of nitrogens with zero attached hydrogens (tertiary/aromatic N) is 3. The SMILES string of the molecule is Ic1cc(I)c2cccnc2c1OCc1nnc(-c2ccccc2)o1. The molecule has 0 aliphatic heterocycles. The summed E-state index contributed by atoms with van der Waals surface area (Å²) in [7, 11) is 0. The third-order valence-corrected chi connectivity index (χ3v) is 5.27. The van der Waals surface area contributed by atoms with Crippen molar-refractivity contribution in [2.24, 2.45) is 0 Å². The van der Waals surface area contributed by atoms with Crippen molar-refractivity contribution in [2.45, 2.75) is 6.61 Å². The summed E-state index contributed by atoms with van der Waals surface area (Å²) in [6.07, 6.45) is 1.77. The molecule has 0 saturated heterocycles. The lowest BCUT2D eigenvalue weighted by Gasteiger charge is -2.10. The molecule has 0 aliphatic rings. The van der Waals surface area contributed by atoms with E-state index in [2.05, 4.69) is 66.4 Å². The first-order chi connectivity index (χ1) is 12.2. The van der Waals surface area contributed by atoms with Gasteiger partial charge in [0.05, 0.1) is 3.57 Å². The van der Waals surface area contributed by atoms with Gasteiger partial charge >= 0.3 is 0 Å². The molecule has 0 spiro atoms. The molecule has 124 valence electrons. The topological polar surface area (TPSA) is 61.0 Å². The molecular formula is C18H11I2N3O2. The van der Waals surface area contributed by atoms with Crippen LogP contribution in [0.25, 0.3) is 22.4 Å². The first kappa shape index (κ1) is 16.7. The smallest absolute Gasteiger partial charge is 0.254 e. The summed E-state index contributed by atoms with van der Waals surface area (Å²) in [4.78, 5) is 4.47. The van der Waals surface area contributed by atoms with E-state index in [-0.39, 0.29) is 6.61 Å². The van der Waals surface area contributed by atoms with E-state index in [0.717, 1.165) is 29.4 Å². The van der Waals surface area contributed by atoms with Crippen LogP contribution in [0.15, 0.2) is 59.1 Å². The molecule has 0 unspecified atom stereocenters. The summed E-state index contributed by atoms with van der Waals surface area (Å²) in [5.74, 6) is 1.65. The van der Waals surface area contributed by atoms with Gasteiger partial charge in [0.1, 0.15) is 5.52 Å². The third kappa shape index (κ3) is 3.47. The van der Waals surface area contributed by atoms with Crippen LogP contribution < -0.4 is 4.74 Å². The van der Waals surface area contributed by atoms with E-state index < -0.39 is 0 Å². The number of hydrogen-bond donors (Lipinski definition) is 0. The second-order valence-electron chi connectivity index (χ2n) is 5.22. The third-order valence-electron chi connectivity index (χ3n) is 3.58. The van der Waals surface area contributed by atoms with Crippen LogP contribution in [0.5, 0.6) is 5.75 Å². The Kier molecular flexibility index (Phi) is 4.84. The molecule has 0 aliphatic carbocycles. The lowest BCUT2D eigenvalue weighted by molar-refractivity contribution is 0.265. The van der Waals surface area contributed by atoms with Crippen molar-refractivity contribution >= 4 is 56.1 Å². The van der Waals surface area contributed by atoms with Crippen molar-refractivity contribution in [1.29, 1.82) is 0 Å². The van der Waals surface area contributed by atoms with Crippen LogP contribution in [-0.4, -0.2) is 15.2 Å². The Balaban J connectivity index is 1.60. The number of pyridine rings is 1.